The molecule has 0 saturated carbocycles. The molecule has 0 aromatic heterocycles. The number of nitro groups is 1. The van der Waals surface area contributed by atoms with Gasteiger partial charge in [0.05, 0.1) is 4.92 Å². The van der Waals surface area contributed by atoms with Gasteiger partial charge >= 0.3 is 6.09 Å². The average molecular weight is 276 g/mol. The van der Waals surface area contributed by atoms with Crippen LogP contribution in [-0.2, 0) is 14.3 Å². The van der Waals surface area contributed by atoms with Crippen molar-refractivity contribution in [3.05, 3.63) is 21.3 Å². The second-order valence-electron chi connectivity index (χ2n) is 3.19. The first-order valence-corrected chi connectivity index (χ1v) is 6.11. The zero-order valence-electron chi connectivity index (χ0n) is 9.44. The fraction of sp³-hybridized carbons (Fsp3) is 0.556. The second-order valence-corrected chi connectivity index (χ2v) is 4.30. The molecule has 1 aliphatic heterocycles. The maximum Gasteiger partial charge on any atom is 0.414 e. The quantitative estimate of drug-likeness (QED) is 0.317. The molecular weight excluding hydrogens is 264 g/mol. The molecule has 0 bridgehead atoms. The minimum absolute atomic E-state index is 0.0372. The highest BCUT2D eigenvalue weighted by atomic mass is 32.2. The number of carbonyl (C=O) groups is 2. The smallest absolute Gasteiger partial charge is 0.414 e. The zero-order valence-corrected chi connectivity index (χ0v) is 10.3. The van der Waals surface area contributed by atoms with E-state index >= 15 is 0 Å². The van der Waals surface area contributed by atoms with E-state index in [1.165, 1.54) is 16.7 Å². The lowest BCUT2D eigenvalue weighted by molar-refractivity contribution is -0.403. The molecule has 1 aliphatic rings. The Hall–Kier alpha value is -1.77. The van der Waals surface area contributed by atoms with E-state index in [4.69, 9.17) is 4.74 Å². The van der Waals surface area contributed by atoms with Crippen LogP contribution in [-0.4, -0.2) is 47.9 Å². The standard InChI is InChI=1S/C9H12N2O6S/c12-7-16-3-4-17-9(13)10-2-1-5-18-8(10)6-11(14)15/h6-7H,1-5H2/b8-6-. The number of carbonyl (C=O) groups excluding carboxylic acids is 2. The van der Waals surface area contributed by atoms with Gasteiger partial charge in [-0.3, -0.25) is 19.8 Å². The first-order chi connectivity index (χ1) is 8.65. The predicted molar refractivity (Wildman–Crippen MR) is 62.2 cm³/mol. The van der Waals surface area contributed by atoms with Gasteiger partial charge in [0.2, 0.25) is 0 Å². The van der Waals surface area contributed by atoms with Crippen molar-refractivity contribution in [3.8, 4) is 0 Å². The summed E-state index contributed by atoms with van der Waals surface area (Å²) in [6.07, 6.45) is 0.844. The molecule has 0 unspecified atom stereocenters. The van der Waals surface area contributed by atoms with Crippen LogP contribution >= 0.6 is 11.8 Å². The molecule has 1 amide bonds. The molecule has 100 valence electrons. The Kier molecular flexibility index (Phi) is 5.98. The predicted octanol–water partition coefficient (Wildman–Crippen LogP) is 0.810. The van der Waals surface area contributed by atoms with Crippen LogP contribution in [0.5, 0.6) is 0 Å². The van der Waals surface area contributed by atoms with Crippen molar-refractivity contribution in [2.75, 3.05) is 25.5 Å². The number of rotatable bonds is 5. The van der Waals surface area contributed by atoms with Crippen LogP contribution in [0, 0.1) is 10.1 Å². The van der Waals surface area contributed by atoms with Gasteiger partial charge in [-0.15, -0.1) is 11.8 Å². The van der Waals surface area contributed by atoms with Gasteiger partial charge in [-0.2, -0.15) is 0 Å². The Morgan fingerprint density at radius 3 is 3.00 bits per heavy atom. The van der Waals surface area contributed by atoms with Crippen molar-refractivity contribution >= 4 is 24.3 Å². The van der Waals surface area contributed by atoms with Gasteiger partial charge in [0.15, 0.2) is 5.03 Å². The van der Waals surface area contributed by atoms with Gasteiger partial charge in [-0.05, 0) is 6.42 Å². The molecule has 1 saturated heterocycles. The first kappa shape index (κ1) is 14.3. The molecule has 0 aromatic carbocycles. The van der Waals surface area contributed by atoms with Gasteiger partial charge in [-0.1, -0.05) is 0 Å². The maximum absolute atomic E-state index is 11.6. The van der Waals surface area contributed by atoms with Crippen molar-refractivity contribution in [3.63, 3.8) is 0 Å². The molecule has 1 rings (SSSR count). The minimum Gasteiger partial charge on any atom is -0.464 e. The monoisotopic (exact) mass is 276 g/mol. The minimum atomic E-state index is -0.676. The van der Waals surface area contributed by atoms with Gasteiger partial charge < -0.3 is 9.47 Å². The Balaban J connectivity index is 2.52. The number of hydrogen-bond donors (Lipinski definition) is 0. The van der Waals surface area contributed by atoms with Gasteiger partial charge in [0.1, 0.15) is 13.2 Å². The highest BCUT2D eigenvalue weighted by molar-refractivity contribution is 8.03. The van der Waals surface area contributed by atoms with E-state index in [0.717, 1.165) is 18.4 Å². The molecule has 1 fully saturated rings. The van der Waals surface area contributed by atoms with E-state index in [0.29, 0.717) is 6.54 Å². The molecule has 9 heteroatoms. The van der Waals surface area contributed by atoms with Crippen molar-refractivity contribution < 1.29 is 24.0 Å². The lowest BCUT2D eigenvalue weighted by atomic mass is 10.4. The van der Waals surface area contributed by atoms with E-state index < -0.39 is 11.0 Å². The summed E-state index contributed by atoms with van der Waals surface area (Å²) in [7, 11) is 0. The largest absolute Gasteiger partial charge is 0.464 e. The summed E-state index contributed by atoms with van der Waals surface area (Å²) in [5, 5.41) is 10.7. The average Bonchev–Trinajstić information content (AvgIpc) is 2.34. The summed E-state index contributed by atoms with van der Waals surface area (Å²) in [6.45, 7) is 0.512. The van der Waals surface area contributed by atoms with Gasteiger partial charge in [0.25, 0.3) is 12.7 Å². The Bertz CT molecular complexity index is 359. The van der Waals surface area contributed by atoms with Crippen LogP contribution in [0.3, 0.4) is 0 Å². The van der Waals surface area contributed by atoms with Crippen LogP contribution in [0.2, 0.25) is 0 Å². The van der Waals surface area contributed by atoms with Crippen LogP contribution < -0.4 is 0 Å². The molecule has 0 N–H and O–H groups in total. The molecule has 18 heavy (non-hydrogen) atoms. The second kappa shape index (κ2) is 7.54. The third-order valence-electron chi connectivity index (χ3n) is 1.97. The van der Waals surface area contributed by atoms with E-state index in [-0.39, 0.29) is 24.7 Å². The number of amides is 1. The molecule has 0 radical (unpaired) electrons. The Labute approximate surface area is 107 Å². The Morgan fingerprint density at radius 2 is 2.33 bits per heavy atom. The van der Waals surface area contributed by atoms with E-state index in [1.54, 1.807) is 0 Å². The molecule has 0 spiro atoms. The molecule has 0 aromatic rings. The number of nitrogens with zero attached hydrogens (tertiary/aromatic N) is 2. The summed E-state index contributed by atoms with van der Waals surface area (Å²) in [5.41, 5.74) is 0. The van der Waals surface area contributed by atoms with Crippen LogP contribution in [0.1, 0.15) is 6.42 Å². The van der Waals surface area contributed by atoms with Crippen molar-refractivity contribution in [1.29, 1.82) is 0 Å². The molecule has 0 aliphatic carbocycles. The highest BCUT2D eigenvalue weighted by Gasteiger charge is 2.25. The third-order valence-corrected chi connectivity index (χ3v) is 3.09. The first-order valence-electron chi connectivity index (χ1n) is 5.13. The van der Waals surface area contributed by atoms with E-state index in [2.05, 4.69) is 4.74 Å². The summed E-state index contributed by atoms with van der Waals surface area (Å²) < 4.78 is 9.18. The summed E-state index contributed by atoms with van der Waals surface area (Å²) in [4.78, 5) is 32.5. The van der Waals surface area contributed by atoms with E-state index in [1.807, 2.05) is 0 Å². The molecule has 8 nitrogen and oxygen atoms in total. The maximum atomic E-state index is 11.6. The SMILES string of the molecule is O=COCCOC(=O)N1CCCS/C1=C\[N+](=O)[O-]. The normalized spacial score (nSPS) is 17.3. The number of ether oxygens (including phenoxy) is 2. The third kappa shape index (κ3) is 4.62. The summed E-state index contributed by atoms with van der Waals surface area (Å²) >= 11 is 1.23. The van der Waals surface area contributed by atoms with E-state index in [9.17, 15) is 19.7 Å². The number of thioether (sulfide) groups is 1. The lowest BCUT2D eigenvalue weighted by Crippen LogP contribution is -2.34. The van der Waals surface area contributed by atoms with Crippen molar-refractivity contribution in [1.82, 2.24) is 4.90 Å². The molecular formula is C9H12N2O6S. The highest BCUT2D eigenvalue weighted by Crippen LogP contribution is 2.27. The summed E-state index contributed by atoms with van der Waals surface area (Å²) in [6, 6.07) is 0. The fourth-order valence-electron chi connectivity index (χ4n) is 1.27. The van der Waals surface area contributed by atoms with Crippen molar-refractivity contribution in [2.24, 2.45) is 0 Å². The summed E-state index contributed by atoms with van der Waals surface area (Å²) in [5.74, 6) is 0.720. The fourth-order valence-corrected chi connectivity index (χ4v) is 2.23. The molecule has 0 atom stereocenters. The van der Waals surface area contributed by atoms with Gasteiger partial charge in [-0.25, -0.2) is 4.79 Å². The number of hydrogen-bond acceptors (Lipinski definition) is 7. The van der Waals surface area contributed by atoms with Gasteiger partial charge in [0, 0.05) is 12.3 Å². The topological polar surface area (TPSA) is 99.0 Å². The van der Waals surface area contributed by atoms with Crippen LogP contribution in [0.15, 0.2) is 11.2 Å². The van der Waals surface area contributed by atoms with Crippen molar-refractivity contribution in [2.45, 2.75) is 6.42 Å². The lowest BCUT2D eigenvalue weighted by Gasteiger charge is -2.26. The van der Waals surface area contributed by atoms with Crippen LogP contribution in [0.25, 0.3) is 0 Å². The van der Waals surface area contributed by atoms with Crippen LogP contribution in [0.4, 0.5) is 4.79 Å². The Morgan fingerprint density at radius 1 is 1.56 bits per heavy atom. The molecule has 1 heterocycles. The zero-order chi connectivity index (χ0) is 13.4.